The molecule has 22 heavy (non-hydrogen) atoms. The molecule has 6 nitrogen and oxygen atoms in total. The van der Waals surface area contributed by atoms with Crippen LogP contribution in [0.3, 0.4) is 0 Å². The zero-order valence-corrected chi connectivity index (χ0v) is 13.5. The van der Waals surface area contributed by atoms with Gasteiger partial charge in [0.15, 0.2) is 0 Å². The van der Waals surface area contributed by atoms with E-state index in [1.807, 2.05) is 6.92 Å². The SMILES string of the molecule is CCS(=O)(=O)N1CCN(C(=O)Nc2cc(C)ccc2F)CC1. The van der Waals surface area contributed by atoms with Crippen molar-refractivity contribution in [3.05, 3.63) is 29.6 Å². The van der Waals surface area contributed by atoms with Crippen LogP contribution in [-0.2, 0) is 10.0 Å². The number of urea groups is 1. The minimum Gasteiger partial charge on any atom is -0.322 e. The quantitative estimate of drug-likeness (QED) is 0.916. The molecule has 1 saturated heterocycles. The molecule has 2 amide bonds. The number of sulfonamides is 1. The molecule has 1 aliphatic rings. The number of hydrogen-bond acceptors (Lipinski definition) is 3. The van der Waals surface area contributed by atoms with Gasteiger partial charge in [-0.15, -0.1) is 0 Å². The first-order valence-corrected chi connectivity index (χ1v) is 8.74. The zero-order chi connectivity index (χ0) is 16.3. The lowest BCUT2D eigenvalue weighted by atomic mass is 10.2. The van der Waals surface area contributed by atoms with E-state index in [0.717, 1.165) is 5.56 Å². The summed E-state index contributed by atoms with van der Waals surface area (Å²) in [6, 6.07) is 4.07. The number of anilines is 1. The normalized spacial score (nSPS) is 16.6. The van der Waals surface area contributed by atoms with Crippen molar-refractivity contribution < 1.29 is 17.6 Å². The Balaban J connectivity index is 1.97. The first-order valence-electron chi connectivity index (χ1n) is 7.13. The maximum atomic E-state index is 13.6. The van der Waals surface area contributed by atoms with Crippen LogP contribution in [-0.4, -0.2) is 55.6 Å². The largest absolute Gasteiger partial charge is 0.322 e. The smallest absolute Gasteiger partial charge is 0.322 e. The minimum absolute atomic E-state index is 0.0493. The first-order chi connectivity index (χ1) is 10.3. The van der Waals surface area contributed by atoms with Crippen molar-refractivity contribution in [3.63, 3.8) is 0 Å². The van der Waals surface area contributed by atoms with Crippen LogP contribution in [0.4, 0.5) is 14.9 Å². The predicted octanol–water partition coefficient (Wildman–Crippen LogP) is 1.63. The molecule has 1 aromatic rings. The number of piperazine rings is 1. The standard InChI is InChI=1S/C14H20FN3O3S/c1-3-22(20,21)18-8-6-17(7-9-18)14(19)16-13-10-11(2)4-5-12(13)15/h4-5,10H,3,6-9H2,1-2H3,(H,16,19). The van der Waals surface area contributed by atoms with Crippen molar-refractivity contribution in [3.8, 4) is 0 Å². The Morgan fingerprint density at radius 3 is 2.50 bits per heavy atom. The summed E-state index contributed by atoms with van der Waals surface area (Å²) in [7, 11) is -3.23. The predicted molar refractivity (Wildman–Crippen MR) is 82.8 cm³/mol. The number of halogens is 1. The molecular formula is C14H20FN3O3S. The fourth-order valence-electron chi connectivity index (χ4n) is 2.28. The average Bonchev–Trinajstić information content (AvgIpc) is 2.51. The molecule has 1 heterocycles. The minimum atomic E-state index is -3.23. The number of benzene rings is 1. The van der Waals surface area contributed by atoms with E-state index in [4.69, 9.17) is 0 Å². The van der Waals surface area contributed by atoms with Gasteiger partial charge in [0.25, 0.3) is 0 Å². The fraction of sp³-hybridized carbons (Fsp3) is 0.500. The van der Waals surface area contributed by atoms with Crippen LogP contribution in [0.25, 0.3) is 0 Å². The van der Waals surface area contributed by atoms with Crippen LogP contribution in [0.5, 0.6) is 0 Å². The summed E-state index contributed by atoms with van der Waals surface area (Å²) in [5.41, 5.74) is 0.976. The maximum absolute atomic E-state index is 13.6. The molecule has 0 aromatic heterocycles. The van der Waals surface area contributed by atoms with Crippen LogP contribution in [0, 0.1) is 12.7 Å². The van der Waals surface area contributed by atoms with Gasteiger partial charge in [0.05, 0.1) is 11.4 Å². The van der Waals surface area contributed by atoms with Gasteiger partial charge in [0, 0.05) is 26.2 Å². The number of rotatable bonds is 3. The van der Waals surface area contributed by atoms with Gasteiger partial charge in [-0.05, 0) is 31.5 Å². The number of nitrogens with zero attached hydrogens (tertiary/aromatic N) is 2. The molecule has 122 valence electrons. The summed E-state index contributed by atoms with van der Waals surface area (Å²) in [6.07, 6.45) is 0. The van der Waals surface area contributed by atoms with Crippen LogP contribution in [0.15, 0.2) is 18.2 Å². The molecule has 0 atom stereocenters. The summed E-state index contributed by atoms with van der Waals surface area (Å²) in [6.45, 7) is 4.51. The summed E-state index contributed by atoms with van der Waals surface area (Å²) in [5, 5.41) is 2.53. The Labute approximate surface area is 130 Å². The van der Waals surface area contributed by atoms with Crippen molar-refractivity contribution in [1.29, 1.82) is 0 Å². The van der Waals surface area contributed by atoms with Crippen molar-refractivity contribution >= 4 is 21.7 Å². The number of hydrogen-bond donors (Lipinski definition) is 1. The van der Waals surface area contributed by atoms with Crippen LogP contribution in [0.2, 0.25) is 0 Å². The van der Waals surface area contributed by atoms with Gasteiger partial charge in [-0.2, -0.15) is 4.31 Å². The molecule has 1 N–H and O–H groups in total. The van der Waals surface area contributed by atoms with Gasteiger partial charge >= 0.3 is 6.03 Å². The Kier molecular flexibility index (Phi) is 5.02. The van der Waals surface area contributed by atoms with Crippen LogP contribution >= 0.6 is 0 Å². The number of amides is 2. The molecular weight excluding hydrogens is 309 g/mol. The van der Waals surface area contributed by atoms with Gasteiger partial charge < -0.3 is 10.2 Å². The highest BCUT2D eigenvalue weighted by Gasteiger charge is 2.27. The van der Waals surface area contributed by atoms with Gasteiger partial charge in [0.2, 0.25) is 10.0 Å². The van der Waals surface area contributed by atoms with E-state index in [1.54, 1.807) is 19.1 Å². The molecule has 1 aliphatic heterocycles. The van der Waals surface area contributed by atoms with Crippen molar-refractivity contribution in [2.75, 3.05) is 37.2 Å². The third kappa shape index (κ3) is 3.75. The van der Waals surface area contributed by atoms with E-state index < -0.39 is 21.9 Å². The second-order valence-electron chi connectivity index (χ2n) is 5.20. The second kappa shape index (κ2) is 6.62. The highest BCUT2D eigenvalue weighted by atomic mass is 32.2. The van der Waals surface area contributed by atoms with Gasteiger partial charge in [-0.3, -0.25) is 0 Å². The van der Waals surface area contributed by atoms with Crippen LogP contribution in [0.1, 0.15) is 12.5 Å². The lowest BCUT2D eigenvalue weighted by Crippen LogP contribution is -2.51. The van der Waals surface area contributed by atoms with E-state index in [-0.39, 0.29) is 24.5 Å². The third-order valence-corrected chi connectivity index (χ3v) is 5.53. The molecule has 0 aliphatic carbocycles. The molecule has 8 heteroatoms. The highest BCUT2D eigenvalue weighted by molar-refractivity contribution is 7.89. The van der Waals surface area contributed by atoms with Crippen LogP contribution < -0.4 is 5.32 Å². The molecule has 0 spiro atoms. The van der Waals surface area contributed by atoms with Crippen molar-refractivity contribution in [2.45, 2.75) is 13.8 Å². The van der Waals surface area contributed by atoms with E-state index >= 15 is 0 Å². The second-order valence-corrected chi connectivity index (χ2v) is 7.46. The molecule has 0 radical (unpaired) electrons. The number of aryl methyl sites for hydroxylation is 1. The maximum Gasteiger partial charge on any atom is 0.322 e. The Morgan fingerprint density at radius 2 is 1.91 bits per heavy atom. The third-order valence-electron chi connectivity index (χ3n) is 3.65. The lowest BCUT2D eigenvalue weighted by molar-refractivity contribution is 0.184. The Bertz CT molecular complexity index is 655. The molecule has 0 saturated carbocycles. The van der Waals surface area contributed by atoms with Crippen molar-refractivity contribution in [1.82, 2.24) is 9.21 Å². The fourth-order valence-corrected chi connectivity index (χ4v) is 3.37. The molecule has 2 rings (SSSR count). The number of carbonyl (C=O) groups excluding carboxylic acids is 1. The summed E-state index contributed by atoms with van der Waals surface area (Å²) in [5.74, 6) is -0.445. The van der Waals surface area contributed by atoms with E-state index in [2.05, 4.69) is 5.32 Å². The highest BCUT2D eigenvalue weighted by Crippen LogP contribution is 2.17. The first kappa shape index (κ1) is 16.7. The van der Waals surface area contributed by atoms with E-state index in [0.29, 0.717) is 13.1 Å². The summed E-state index contributed by atoms with van der Waals surface area (Å²) < 4.78 is 38.5. The van der Waals surface area contributed by atoms with Crippen molar-refractivity contribution in [2.24, 2.45) is 0 Å². The topological polar surface area (TPSA) is 69.7 Å². The molecule has 0 bridgehead atoms. The number of nitrogens with one attached hydrogen (secondary N) is 1. The van der Waals surface area contributed by atoms with Gasteiger partial charge in [-0.25, -0.2) is 17.6 Å². The number of carbonyl (C=O) groups is 1. The molecule has 1 fully saturated rings. The Morgan fingerprint density at radius 1 is 1.27 bits per heavy atom. The summed E-state index contributed by atoms with van der Waals surface area (Å²) >= 11 is 0. The average molecular weight is 329 g/mol. The van der Waals surface area contributed by atoms with E-state index in [9.17, 15) is 17.6 Å². The lowest BCUT2D eigenvalue weighted by Gasteiger charge is -2.33. The van der Waals surface area contributed by atoms with Gasteiger partial charge in [0.1, 0.15) is 5.82 Å². The Hall–Kier alpha value is -1.67. The zero-order valence-electron chi connectivity index (χ0n) is 12.7. The van der Waals surface area contributed by atoms with E-state index in [1.165, 1.54) is 15.3 Å². The molecule has 0 unspecified atom stereocenters. The summed E-state index contributed by atoms with van der Waals surface area (Å²) in [4.78, 5) is 13.6. The van der Waals surface area contributed by atoms with Gasteiger partial charge in [-0.1, -0.05) is 6.07 Å². The monoisotopic (exact) mass is 329 g/mol. The molecule has 1 aromatic carbocycles.